The first-order valence-electron chi connectivity index (χ1n) is 10.7. The molecule has 5 rings (SSSR count). The lowest BCUT2D eigenvalue weighted by Gasteiger charge is -2.10. The van der Waals surface area contributed by atoms with Gasteiger partial charge in [0.2, 0.25) is 5.91 Å². The second-order valence-corrected chi connectivity index (χ2v) is 9.23. The standard InChI is InChI=1S/C23H21BrF2N6O/c1-11-17(25)8-14-7-15(9-18(26)20(14)29-11)32-22-16(21(24)31-32)10-28-19(30-22)6-12-3-4-13(5-12)23(33)27-2/h7-10,12-13H,3-6H2,1-2H3,(H,27,33)/t12-,13-/m1/s1. The largest absolute Gasteiger partial charge is 0.359 e. The molecule has 0 saturated heterocycles. The van der Waals surface area contributed by atoms with E-state index in [1.165, 1.54) is 23.7 Å². The summed E-state index contributed by atoms with van der Waals surface area (Å²) in [6.07, 6.45) is 4.94. The van der Waals surface area contributed by atoms with E-state index < -0.39 is 11.6 Å². The van der Waals surface area contributed by atoms with E-state index in [0.717, 1.165) is 19.3 Å². The highest BCUT2D eigenvalue weighted by molar-refractivity contribution is 9.10. The van der Waals surface area contributed by atoms with Crippen LogP contribution < -0.4 is 5.32 Å². The molecule has 33 heavy (non-hydrogen) atoms. The van der Waals surface area contributed by atoms with E-state index in [1.807, 2.05) is 0 Å². The van der Waals surface area contributed by atoms with Gasteiger partial charge in [-0.2, -0.15) is 5.10 Å². The Labute approximate surface area is 196 Å². The van der Waals surface area contributed by atoms with Gasteiger partial charge in [0.1, 0.15) is 21.8 Å². The van der Waals surface area contributed by atoms with Crippen LogP contribution in [-0.2, 0) is 11.2 Å². The van der Waals surface area contributed by atoms with Crippen molar-refractivity contribution in [2.24, 2.45) is 11.8 Å². The second-order valence-electron chi connectivity index (χ2n) is 8.48. The van der Waals surface area contributed by atoms with E-state index in [0.29, 0.717) is 44.9 Å². The molecule has 1 aliphatic rings. The molecule has 1 aromatic carbocycles. The van der Waals surface area contributed by atoms with Gasteiger partial charge in [0.05, 0.1) is 16.8 Å². The lowest BCUT2D eigenvalue weighted by atomic mass is 10.0. The van der Waals surface area contributed by atoms with Gasteiger partial charge in [-0.15, -0.1) is 0 Å². The van der Waals surface area contributed by atoms with Crippen LogP contribution in [0.4, 0.5) is 8.78 Å². The molecule has 1 fully saturated rings. The predicted octanol–water partition coefficient (Wildman–Crippen LogP) is 4.42. The number of pyridine rings is 1. The summed E-state index contributed by atoms with van der Waals surface area (Å²) < 4.78 is 30.9. The molecule has 0 spiro atoms. The number of hydrogen-bond donors (Lipinski definition) is 1. The maximum atomic E-state index is 14.8. The molecular formula is C23H21BrF2N6O. The van der Waals surface area contributed by atoms with E-state index >= 15 is 0 Å². The first-order valence-corrected chi connectivity index (χ1v) is 11.5. The van der Waals surface area contributed by atoms with E-state index in [1.54, 1.807) is 19.3 Å². The van der Waals surface area contributed by atoms with Crippen LogP contribution in [0.2, 0.25) is 0 Å². The maximum Gasteiger partial charge on any atom is 0.222 e. The highest BCUT2D eigenvalue weighted by Gasteiger charge is 2.30. The summed E-state index contributed by atoms with van der Waals surface area (Å²) >= 11 is 3.43. The Morgan fingerprint density at radius 3 is 2.82 bits per heavy atom. The lowest BCUT2D eigenvalue weighted by molar-refractivity contribution is -0.124. The monoisotopic (exact) mass is 514 g/mol. The molecule has 1 N–H and O–H groups in total. The van der Waals surface area contributed by atoms with Crippen molar-refractivity contribution in [3.8, 4) is 5.69 Å². The molecule has 10 heteroatoms. The molecule has 2 atom stereocenters. The summed E-state index contributed by atoms with van der Waals surface area (Å²) in [5.74, 6) is 0.00727. The van der Waals surface area contributed by atoms with Crippen molar-refractivity contribution in [3.05, 3.63) is 52.2 Å². The zero-order chi connectivity index (χ0) is 23.3. The Morgan fingerprint density at radius 1 is 1.21 bits per heavy atom. The van der Waals surface area contributed by atoms with Gasteiger partial charge < -0.3 is 5.32 Å². The SMILES string of the molecule is CNC(=O)[C@@H]1CC[C@@H](Cc2ncc3c(Br)nn(-c4cc(F)c5nc(C)c(F)cc5c4)c3n2)C1. The number of aryl methyl sites for hydroxylation is 1. The third kappa shape index (κ3) is 3.96. The molecule has 4 aromatic rings. The van der Waals surface area contributed by atoms with Crippen LogP contribution in [-0.4, -0.2) is 37.7 Å². The van der Waals surface area contributed by atoms with E-state index in [2.05, 4.69) is 36.3 Å². The van der Waals surface area contributed by atoms with Crippen molar-refractivity contribution >= 4 is 43.8 Å². The van der Waals surface area contributed by atoms with Crippen molar-refractivity contribution < 1.29 is 13.6 Å². The quantitative estimate of drug-likeness (QED) is 0.435. The maximum absolute atomic E-state index is 14.8. The number of carbonyl (C=O) groups is 1. The van der Waals surface area contributed by atoms with Gasteiger partial charge in [-0.05, 0) is 60.2 Å². The van der Waals surface area contributed by atoms with Gasteiger partial charge in [0.25, 0.3) is 0 Å². The summed E-state index contributed by atoms with van der Waals surface area (Å²) in [6, 6.07) is 4.23. The van der Waals surface area contributed by atoms with E-state index in [-0.39, 0.29) is 23.0 Å². The minimum absolute atomic E-state index is 0.0293. The van der Waals surface area contributed by atoms with Crippen LogP contribution >= 0.6 is 15.9 Å². The van der Waals surface area contributed by atoms with Crippen molar-refractivity contribution in [1.82, 2.24) is 30.0 Å². The number of benzene rings is 1. The Morgan fingerprint density at radius 2 is 2.03 bits per heavy atom. The summed E-state index contributed by atoms with van der Waals surface area (Å²) in [7, 11) is 1.66. The first-order chi connectivity index (χ1) is 15.8. The molecule has 7 nitrogen and oxygen atoms in total. The van der Waals surface area contributed by atoms with Gasteiger partial charge in [-0.1, -0.05) is 0 Å². The summed E-state index contributed by atoms with van der Waals surface area (Å²) in [5, 5.41) is 8.21. The third-order valence-electron chi connectivity index (χ3n) is 6.29. The number of halogens is 3. The fourth-order valence-electron chi connectivity index (χ4n) is 4.56. The Hall–Kier alpha value is -3.01. The number of aromatic nitrogens is 5. The molecule has 0 aliphatic heterocycles. The Balaban J connectivity index is 1.52. The van der Waals surface area contributed by atoms with Gasteiger partial charge in [0.15, 0.2) is 11.5 Å². The first kappa shape index (κ1) is 21.8. The topological polar surface area (TPSA) is 85.6 Å². The number of hydrogen-bond acceptors (Lipinski definition) is 5. The van der Waals surface area contributed by atoms with Crippen molar-refractivity contribution in [1.29, 1.82) is 0 Å². The smallest absolute Gasteiger partial charge is 0.222 e. The average Bonchev–Trinajstić information content (AvgIpc) is 3.39. The summed E-state index contributed by atoms with van der Waals surface area (Å²) in [6.45, 7) is 1.50. The Bertz CT molecular complexity index is 1410. The van der Waals surface area contributed by atoms with Gasteiger partial charge in [-0.3, -0.25) is 4.79 Å². The zero-order valence-electron chi connectivity index (χ0n) is 18.1. The van der Waals surface area contributed by atoms with Crippen molar-refractivity contribution in [2.45, 2.75) is 32.6 Å². The van der Waals surface area contributed by atoms with Crippen LogP contribution in [0.15, 0.2) is 29.0 Å². The van der Waals surface area contributed by atoms with Crippen molar-refractivity contribution in [3.63, 3.8) is 0 Å². The molecule has 0 radical (unpaired) electrons. The van der Waals surface area contributed by atoms with Crippen molar-refractivity contribution in [2.75, 3.05) is 7.05 Å². The van der Waals surface area contributed by atoms with E-state index in [9.17, 15) is 13.6 Å². The Kier molecular flexibility index (Phi) is 5.55. The molecule has 1 amide bonds. The number of carbonyl (C=O) groups excluding carboxylic acids is 1. The van der Waals surface area contributed by atoms with Gasteiger partial charge in [0, 0.05) is 37.0 Å². The normalized spacial score (nSPS) is 18.3. The van der Waals surface area contributed by atoms with Crippen LogP contribution in [0.25, 0.3) is 27.6 Å². The fourth-order valence-corrected chi connectivity index (χ4v) is 5.00. The van der Waals surface area contributed by atoms with Crippen LogP contribution in [0.5, 0.6) is 0 Å². The predicted molar refractivity (Wildman–Crippen MR) is 123 cm³/mol. The molecule has 1 saturated carbocycles. The molecule has 170 valence electrons. The summed E-state index contributed by atoms with van der Waals surface area (Å²) in [5.41, 5.74) is 1.18. The van der Waals surface area contributed by atoms with Crippen LogP contribution in [0, 0.1) is 30.4 Å². The molecule has 0 bridgehead atoms. The molecule has 3 aromatic heterocycles. The molecule has 1 aliphatic carbocycles. The minimum Gasteiger partial charge on any atom is -0.359 e. The third-order valence-corrected chi connectivity index (χ3v) is 6.87. The molecule has 3 heterocycles. The van der Waals surface area contributed by atoms with E-state index in [4.69, 9.17) is 4.98 Å². The zero-order valence-corrected chi connectivity index (χ0v) is 19.7. The number of nitrogens with zero attached hydrogens (tertiary/aromatic N) is 5. The van der Waals surface area contributed by atoms with Crippen LogP contribution in [0.3, 0.4) is 0 Å². The minimum atomic E-state index is -0.564. The summed E-state index contributed by atoms with van der Waals surface area (Å²) in [4.78, 5) is 25.2. The average molecular weight is 515 g/mol. The lowest BCUT2D eigenvalue weighted by Crippen LogP contribution is -2.25. The van der Waals surface area contributed by atoms with Gasteiger partial charge >= 0.3 is 0 Å². The highest BCUT2D eigenvalue weighted by atomic mass is 79.9. The molecule has 0 unspecified atom stereocenters. The highest BCUT2D eigenvalue weighted by Crippen LogP contribution is 2.33. The second kappa shape index (κ2) is 8.40. The fraction of sp³-hybridized carbons (Fsp3) is 0.348. The number of fused-ring (bicyclic) bond motifs is 2. The number of rotatable bonds is 4. The van der Waals surface area contributed by atoms with Crippen LogP contribution in [0.1, 0.15) is 30.8 Å². The number of amides is 1. The number of nitrogens with one attached hydrogen (secondary N) is 1. The molecular weight excluding hydrogens is 494 g/mol. The van der Waals surface area contributed by atoms with Gasteiger partial charge in [-0.25, -0.2) is 28.4 Å².